The summed E-state index contributed by atoms with van der Waals surface area (Å²) >= 11 is 0. The van der Waals surface area contributed by atoms with Crippen LogP contribution in [0.3, 0.4) is 0 Å². The molecule has 10 heteroatoms. The molecular formula is C43H48N6O4. The summed E-state index contributed by atoms with van der Waals surface area (Å²) < 4.78 is 18.6. The van der Waals surface area contributed by atoms with E-state index in [1.807, 2.05) is 48.5 Å². The summed E-state index contributed by atoms with van der Waals surface area (Å²) in [6.45, 7) is 7.82. The number of aromatic nitrogens is 2. The molecule has 2 atom stereocenters. The Morgan fingerprint density at radius 2 is 1.53 bits per heavy atom. The first kappa shape index (κ1) is 34.7. The van der Waals surface area contributed by atoms with E-state index in [0.29, 0.717) is 51.4 Å². The fraction of sp³-hybridized carbons (Fsp3) is 0.372. The van der Waals surface area contributed by atoms with E-state index < -0.39 is 0 Å². The Morgan fingerprint density at radius 3 is 2.26 bits per heavy atom. The average Bonchev–Trinajstić information content (AvgIpc) is 3.65. The van der Waals surface area contributed by atoms with Crippen molar-refractivity contribution in [3.63, 3.8) is 0 Å². The molecule has 4 heterocycles. The van der Waals surface area contributed by atoms with Gasteiger partial charge in [-0.15, -0.1) is 0 Å². The zero-order valence-corrected chi connectivity index (χ0v) is 30.7. The number of ether oxygens (including phenoxy) is 3. The number of likely N-dealkylation sites (tertiary alicyclic amines) is 1. The van der Waals surface area contributed by atoms with Gasteiger partial charge in [-0.3, -0.25) is 4.90 Å². The zero-order valence-electron chi connectivity index (χ0n) is 30.7. The molecule has 4 aromatic carbocycles. The lowest BCUT2D eigenvalue weighted by Gasteiger charge is -2.38. The zero-order chi connectivity index (χ0) is 36.1. The molecule has 0 radical (unpaired) electrons. The van der Waals surface area contributed by atoms with E-state index in [2.05, 4.69) is 77.2 Å². The molecule has 8 rings (SSSR count). The highest BCUT2D eigenvalue weighted by atomic mass is 16.6. The third-order valence-corrected chi connectivity index (χ3v) is 10.9. The molecule has 3 aliphatic rings. The third kappa shape index (κ3) is 7.88. The van der Waals surface area contributed by atoms with Crippen LogP contribution >= 0.6 is 0 Å². The second-order valence-corrected chi connectivity index (χ2v) is 14.4. The summed E-state index contributed by atoms with van der Waals surface area (Å²) in [5.74, 6) is 1.76. The Labute approximate surface area is 311 Å². The van der Waals surface area contributed by atoms with Gasteiger partial charge in [0.2, 0.25) is 0 Å². The van der Waals surface area contributed by atoms with Crippen molar-refractivity contribution in [3.8, 4) is 11.8 Å². The summed E-state index contributed by atoms with van der Waals surface area (Å²) in [4.78, 5) is 32.1. The number of hydrogen-bond donors (Lipinski definition) is 0. The van der Waals surface area contributed by atoms with Crippen LogP contribution in [0.25, 0.3) is 10.8 Å². The van der Waals surface area contributed by atoms with Gasteiger partial charge >= 0.3 is 12.1 Å². The Morgan fingerprint density at radius 1 is 0.811 bits per heavy atom. The van der Waals surface area contributed by atoms with Gasteiger partial charge in [0.15, 0.2) is 0 Å². The van der Waals surface area contributed by atoms with E-state index in [4.69, 9.17) is 24.2 Å². The largest absolute Gasteiger partial charge is 0.489 e. The first-order valence-electron chi connectivity index (χ1n) is 18.9. The molecule has 274 valence electrons. The molecule has 0 spiro atoms. The normalized spacial score (nSPS) is 18.2. The number of carbonyl (C=O) groups excluding carboxylic acids is 1. The van der Waals surface area contributed by atoms with Crippen LogP contribution in [0.1, 0.15) is 42.1 Å². The van der Waals surface area contributed by atoms with Crippen molar-refractivity contribution in [2.75, 3.05) is 56.1 Å². The number of benzene rings is 4. The average molecular weight is 713 g/mol. The maximum absolute atomic E-state index is 13.0. The van der Waals surface area contributed by atoms with Gasteiger partial charge in [0, 0.05) is 61.5 Å². The van der Waals surface area contributed by atoms with Crippen molar-refractivity contribution < 1.29 is 19.0 Å². The van der Waals surface area contributed by atoms with Crippen LogP contribution in [0.5, 0.6) is 11.8 Å². The highest BCUT2D eigenvalue weighted by Gasteiger charge is 2.32. The standard InChI is InChI=1S/C43H48N6O4/c1-31(39-18-11-20-46(39)2)53-42-44-38-28-49(40-27-35(26-34-16-9-10-17-36(34)40)51-29-32-12-5-3-6-13-32)21-19-37(38)41(45-42)47-22-24-48(25-23-47)43(50)52-30-33-14-7-4-8-15-33/h3-10,12-17,26-27,31,39H,11,18-25,28-30H2,1-2H3/t31-,39-/m1/s1. The molecule has 0 saturated carbocycles. The van der Waals surface area contributed by atoms with E-state index >= 15 is 0 Å². The van der Waals surface area contributed by atoms with Crippen molar-refractivity contribution in [2.45, 2.75) is 58.1 Å². The Kier molecular flexibility index (Phi) is 10.3. The molecule has 0 N–H and O–H groups in total. The minimum atomic E-state index is -0.283. The minimum Gasteiger partial charge on any atom is -0.489 e. The van der Waals surface area contributed by atoms with Crippen molar-refractivity contribution in [2.24, 2.45) is 0 Å². The van der Waals surface area contributed by atoms with Crippen LogP contribution in [0.2, 0.25) is 0 Å². The summed E-state index contributed by atoms with van der Waals surface area (Å²) in [7, 11) is 2.17. The van der Waals surface area contributed by atoms with Gasteiger partial charge in [-0.25, -0.2) is 4.79 Å². The summed E-state index contributed by atoms with van der Waals surface area (Å²) in [6, 6.07) is 33.6. The monoisotopic (exact) mass is 712 g/mol. The van der Waals surface area contributed by atoms with Crippen molar-refractivity contribution in [3.05, 3.63) is 119 Å². The van der Waals surface area contributed by atoms with Crippen molar-refractivity contribution >= 4 is 28.4 Å². The number of rotatable bonds is 10. The van der Waals surface area contributed by atoms with E-state index in [1.165, 1.54) is 11.8 Å². The summed E-state index contributed by atoms with van der Waals surface area (Å²) in [5.41, 5.74) is 5.37. The van der Waals surface area contributed by atoms with Crippen molar-refractivity contribution in [1.29, 1.82) is 0 Å². The minimum absolute atomic E-state index is 0.0493. The van der Waals surface area contributed by atoms with Gasteiger partial charge in [-0.05, 0) is 62.4 Å². The van der Waals surface area contributed by atoms with Crippen LogP contribution in [-0.4, -0.2) is 84.3 Å². The highest BCUT2D eigenvalue weighted by molar-refractivity contribution is 5.96. The smallest absolute Gasteiger partial charge is 0.410 e. The fourth-order valence-corrected chi connectivity index (χ4v) is 7.94. The van der Waals surface area contributed by atoms with Crippen LogP contribution in [0.15, 0.2) is 97.1 Å². The second-order valence-electron chi connectivity index (χ2n) is 14.4. The number of fused-ring (bicyclic) bond motifs is 2. The molecule has 10 nitrogen and oxygen atoms in total. The number of hydrogen-bond acceptors (Lipinski definition) is 9. The van der Waals surface area contributed by atoms with Crippen molar-refractivity contribution in [1.82, 2.24) is 19.8 Å². The van der Waals surface area contributed by atoms with Gasteiger partial charge < -0.3 is 28.9 Å². The van der Waals surface area contributed by atoms with Crippen LogP contribution < -0.4 is 19.3 Å². The molecule has 53 heavy (non-hydrogen) atoms. The number of piperazine rings is 1. The number of anilines is 2. The fourth-order valence-electron chi connectivity index (χ4n) is 7.94. The van der Waals surface area contributed by atoms with Crippen LogP contribution in [0.4, 0.5) is 16.3 Å². The number of likely N-dealkylation sites (N-methyl/N-ethyl adjacent to an activating group) is 1. The molecule has 5 aromatic rings. The molecule has 2 saturated heterocycles. The lowest BCUT2D eigenvalue weighted by molar-refractivity contribution is 0.0939. The number of carbonyl (C=O) groups is 1. The molecule has 0 unspecified atom stereocenters. The van der Waals surface area contributed by atoms with Gasteiger partial charge in [-0.2, -0.15) is 9.97 Å². The second kappa shape index (κ2) is 15.7. The van der Waals surface area contributed by atoms with Gasteiger partial charge in [0.25, 0.3) is 0 Å². The number of amides is 1. The maximum atomic E-state index is 13.0. The number of nitrogens with zero attached hydrogens (tertiary/aromatic N) is 6. The SMILES string of the molecule is C[C@@H](Oc1nc2c(c(N3CCN(C(=O)OCc4ccccc4)CC3)n1)CCN(c1cc(OCc3ccccc3)cc3ccccc13)C2)[C@H]1CCCN1C. The molecule has 1 amide bonds. The summed E-state index contributed by atoms with van der Waals surface area (Å²) in [6.07, 6.45) is 2.72. The lowest BCUT2D eigenvalue weighted by atomic mass is 10.0. The van der Waals surface area contributed by atoms with E-state index in [-0.39, 0.29) is 18.8 Å². The molecule has 0 aliphatic carbocycles. The Balaban J connectivity index is 1.04. The molecule has 3 aliphatic heterocycles. The van der Waals surface area contributed by atoms with Gasteiger partial charge in [0.05, 0.1) is 12.2 Å². The maximum Gasteiger partial charge on any atom is 0.410 e. The predicted molar refractivity (Wildman–Crippen MR) is 208 cm³/mol. The Bertz CT molecular complexity index is 2020. The predicted octanol–water partition coefficient (Wildman–Crippen LogP) is 7.09. The molecular weight excluding hydrogens is 665 g/mol. The summed E-state index contributed by atoms with van der Waals surface area (Å²) in [5, 5.41) is 2.32. The first-order chi connectivity index (χ1) is 26.0. The third-order valence-electron chi connectivity index (χ3n) is 10.9. The van der Waals surface area contributed by atoms with E-state index in [0.717, 1.165) is 71.0 Å². The lowest BCUT2D eigenvalue weighted by Crippen LogP contribution is -2.49. The quantitative estimate of drug-likeness (QED) is 0.151. The van der Waals surface area contributed by atoms with Gasteiger partial charge in [0.1, 0.15) is 30.9 Å². The van der Waals surface area contributed by atoms with E-state index in [9.17, 15) is 4.79 Å². The highest BCUT2D eigenvalue weighted by Crippen LogP contribution is 2.37. The van der Waals surface area contributed by atoms with Crippen LogP contribution in [-0.2, 0) is 30.9 Å². The molecule has 0 bridgehead atoms. The van der Waals surface area contributed by atoms with Crippen LogP contribution in [0, 0.1) is 0 Å². The van der Waals surface area contributed by atoms with Gasteiger partial charge in [-0.1, -0.05) is 84.9 Å². The first-order valence-corrected chi connectivity index (χ1v) is 18.9. The molecule has 1 aromatic heterocycles. The molecule has 2 fully saturated rings. The topological polar surface area (TPSA) is 83.5 Å². The Hall–Kier alpha value is -5.35. The van der Waals surface area contributed by atoms with E-state index in [1.54, 1.807) is 4.90 Å².